The fourth-order valence-corrected chi connectivity index (χ4v) is 3.99. The first kappa shape index (κ1) is 15.9. The number of ether oxygens (including phenoxy) is 2. The molecule has 5 nitrogen and oxygen atoms in total. The molecule has 3 atom stereocenters. The number of hydrogen-bond donors (Lipinski definition) is 1. The molecule has 0 unspecified atom stereocenters. The minimum absolute atomic E-state index is 0.0245. The van der Waals surface area contributed by atoms with Crippen molar-refractivity contribution in [3.8, 4) is 5.75 Å². The molecule has 4 rings (SSSR count). The van der Waals surface area contributed by atoms with Crippen LogP contribution < -0.4 is 10.1 Å². The number of nitrogens with zero attached hydrogens (tertiary/aromatic N) is 1. The SMILES string of the molecule is COc1ccc(CN2C[C@@H]3C[C@@H](C(=O)NC4CCC4)[C@H](C2)O3)cc1. The molecule has 0 spiro atoms. The van der Waals surface area contributed by atoms with Crippen LogP contribution >= 0.6 is 0 Å². The van der Waals surface area contributed by atoms with E-state index < -0.39 is 0 Å². The van der Waals surface area contributed by atoms with Gasteiger partial charge in [-0.25, -0.2) is 0 Å². The lowest BCUT2D eigenvalue weighted by Crippen LogP contribution is -2.47. The van der Waals surface area contributed by atoms with E-state index >= 15 is 0 Å². The number of benzene rings is 1. The Labute approximate surface area is 143 Å². The normalized spacial score (nSPS) is 30.0. The highest BCUT2D eigenvalue weighted by molar-refractivity contribution is 5.80. The molecule has 2 saturated heterocycles. The van der Waals surface area contributed by atoms with Gasteiger partial charge in [-0.05, 0) is 43.4 Å². The number of rotatable bonds is 5. The average Bonchev–Trinajstić information content (AvgIpc) is 2.86. The molecular formula is C19H26N2O3. The first-order valence-electron chi connectivity index (χ1n) is 9.02. The van der Waals surface area contributed by atoms with Crippen molar-refractivity contribution >= 4 is 5.91 Å². The van der Waals surface area contributed by atoms with Crippen LogP contribution in [-0.4, -0.2) is 49.3 Å². The largest absolute Gasteiger partial charge is 0.497 e. The Kier molecular flexibility index (Phi) is 4.46. The second-order valence-corrected chi connectivity index (χ2v) is 7.32. The number of hydrogen-bond acceptors (Lipinski definition) is 4. The molecule has 2 heterocycles. The first-order chi connectivity index (χ1) is 11.7. The fraction of sp³-hybridized carbons (Fsp3) is 0.632. The molecule has 1 aromatic carbocycles. The van der Waals surface area contributed by atoms with Crippen LogP contribution in [0.4, 0.5) is 0 Å². The molecule has 1 saturated carbocycles. The Balaban J connectivity index is 1.34. The van der Waals surface area contributed by atoms with E-state index in [1.54, 1.807) is 7.11 Å². The third-order valence-electron chi connectivity index (χ3n) is 5.59. The van der Waals surface area contributed by atoms with Crippen molar-refractivity contribution < 1.29 is 14.3 Å². The van der Waals surface area contributed by atoms with Crippen molar-refractivity contribution in [2.45, 2.75) is 50.5 Å². The molecule has 2 bridgehead atoms. The average molecular weight is 330 g/mol. The third kappa shape index (κ3) is 3.28. The lowest BCUT2D eigenvalue weighted by molar-refractivity contribution is -0.129. The van der Waals surface area contributed by atoms with Crippen molar-refractivity contribution in [2.75, 3.05) is 20.2 Å². The highest BCUT2D eigenvalue weighted by Gasteiger charge is 2.45. The van der Waals surface area contributed by atoms with E-state index in [1.165, 1.54) is 12.0 Å². The van der Waals surface area contributed by atoms with Crippen molar-refractivity contribution in [1.82, 2.24) is 10.2 Å². The Hall–Kier alpha value is -1.59. The second-order valence-electron chi connectivity index (χ2n) is 7.32. The van der Waals surface area contributed by atoms with Gasteiger partial charge in [-0.1, -0.05) is 12.1 Å². The quantitative estimate of drug-likeness (QED) is 0.897. The Morgan fingerprint density at radius 3 is 2.75 bits per heavy atom. The summed E-state index contributed by atoms with van der Waals surface area (Å²) in [6.07, 6.45) is 4.62. The molecule has 1 aromatic rings. The van der Waals surface area contributed by atoms with Crippen molar-refractivity contribution in [1.29, 1.82) is 0 Å². The maximum Gasteiger partial charge on any atom is 0.226 e. The topological polar surface area (TPSA) is 50.8 Å². The molecule has 5 heteroatoms. The summed E-state index contributed by atoms with van der Waals surface area (Å²) in [5, 5.41) is 3.20. The van der Waals surface area contributed by atoms with Gasteiger partial charge < -0.3 is 14.8 Å². The molecule has 0 aromatic heterocycles. The smallest absolute Gasteiger partial charge is 0.226 e. The Morgan fingerprint density at radius 2 is 2.08 bits per heavy atom. The number of carbonyl (C=O) groups is 1. The summed E-state index contributed by atoms with van der Waals surface area (Å²) in [5.41, 5.74) is 1.27. The van der Waals surface area contributed by atoms with Gasteiger partial charge in [0.15, 0.2) is 0 Å². The molecule has 1 amide bonds. The van der Waals surface area contributed by atoms with Gasteiger partial charge in [0.1, 0.15) is 5.75 Å². The fourth-order valence-electron chi connectivity index (χ4n) is 3.99. The Morgan fingerprint density at radius 1 is 1.29 bits per heavy atom. The summed E-state index contributed by atoms with van der Waals surface area (Å²) in [5.74, 6) is 1.11. The van der Waals surface area contributed by atoms with Crippen LogP contribution in [0.15, 0.2) is 24.3 Å². The van der Waals surface area contributed by atoms with E-state index in [0.29, 0.717) is 6.04 Å². The van der Waals surface area contributed by atoms with Crippen LogP contribution in [0.25, 0.3) is 0 Å². The highest BCUT2D eigenvalue weighted by Crippen LogP contribution is 2.33. The Bertz CT molecular complexity index is 585. The van der Waals surface area contributed by atoms with Crippen LogP contribution in [0.5, 0.6) is 5.75 Å². The van der Waals surface area contributed by atoms with E-state index in [1.807, 2.05) is 12.1 Å². The molecule has 24 heavy (non-hydrogen) atoms. The van der Waals surface area contributed by atoms with Crippen LogP contribution in [0.2, 0.25) is 0 Å². The van der Waals surface area contributed by atoms with Crippen LogP contribution in [0.3, 0.4) is 0 Å². The van der Waals surface area contributed by atoms with Gasteiger partial charge in [-0.2, -0.15) is 0 Å². The number of morpholine rings is 1. The van der Waals surface area contributed by atoms with Crippen LogP contribution in [-0.2, 0) is 16.1 Å². The number of fused-ring (bicyclic) bond motifs is 2. The summed E-state index contributed by atoms with van der Waals surface area (Å²) >= 11 is 0. The van der Waals surface area contributed by atoms with Gasteiger partial charge in [0, 0.05) is 25.7 Å². The van der Waals surface area contributed by atoms with Gasteiger partial charge in [0.05, 0.1) is 25.2 Å². The summed E-state index contributed by atoms with van der Waals surface area (Å²) in [4.78, 5) is 14.9. The van der Waals surface area contributed by atoms with Gasteiger partial charge in [-0.15, -0.1) is 0 Å². The molecular weight excluding hydrogens is 304 g/mol. The minimum atomic E-state index is 0.0245. The lowest BCUT2D eigenvalue weighted by atomic mass is 9.91. The van der Waals surface area contributed by atoms with Gasteiger partial charge >= 0.3 is 0 Å². The molecule has 130 valence electrons. The van der Waals surface area contributed by atoms with E-state index in [2.05, 4.69) is 22.3 Å². The standard InChI is InChI=1S/C19H26N2O3/c1-23-15-7-5-13(6-8-15)10-21-11-16-9-17(18(12-21)24-16)19(22)20-14-3-2-4-14/h5-8,14,16-18H,2-4,9-12H2,1H3,(H,20,22)/t16-,17+,18-/m0/s1. The van der Waals surface area contributed by atoms with E-state index in [9.17, 15) is 4.79 Å². The number of amides is 1. The van der Waals surface area contributed by atoms with Crippen LogP contribution in [0.1, 0.15) is 31.2 Å². The number of carbonyl (C=O) groups excluding carboxylic acids is 1. The van der Waals surface area contributed by atoms with Crippen molar-refractivity contribution in [3.05, 3.63) is 29.8 Å². The van der Waals surface area contributed by atoms with Gasteiger partial charge in [-0.3, -0.25) is 9.69 Å². The molecule has 1 aliphatic carbocycles. The first-order valence-corrected chi connectivity index (χ1v) is 9.02. The van der Waals surface area contributed by atoms with Crippen molar-refractivity contribution in [3.63, 3.8) is 0 Å². The monoisotopic (exact) mass is 330 g/mol. The van der Waals surface area contributed by atoms with E-state index in [0.717, 1.165) is 44.6 Å². The molecule has 2 aliphatic heterocycles. The lowest BCUT2D eigenvalue weighted by Gasteiger charge is -2.33. The zero-order valence-electron chi connectivity index (χ0n) is 14.2. The minimum Gasteiger partial charge on any atom is -0.497 e. The summed E-state index contributed by atoms with van der Waals surface area (Å²) in [6.45, 7) is 2.65. The third-order valence-corrected chi connectivity index (χ3v) is 5.59. The predicted octanol–water partition coefficient (Wildman–Crippen LogP) is 1.95. The summed E-state index contributed by atoms with van der Waals surface area (Å²) < 4.78 is 11.3. The van der Waals surface area contributed by atoms with Gasteiger partial charge in [0.25, 0.3) is 0 Å². The number of likely N-dealkylation sites (tertiary alicyclic amines) is 1. The number of nitrogens with one attached hydrogen (secondary N) is 1. The van der Waals surface area contributed by atoms with Crippen LogP contribution in [0, 0.1) is 5.92 Å². The van der Waals surface area contributed by atoms with Gasteiger partial charge in [0.2, 0.25) is 5.91 Å². The number of methoxy groups -OCH3 is 1. The molecule has 1 N–H and O–H groups in total. The second kappa shape index (κ2) is 6.73. The zero-order chi connectivity index (χ0) is 16.5. The highest BCUT2D eigenvalue weighted by atomic mass is 16.5. The maximum atomic E-state index is 12.5. The predicted molar refractivity (Wildman–Crippen MR) is 90.8 cm³/mol. The molecule has 3 fully saturated rings. The summed E-state index contributed by atoms with van der Waals surface area (Å²) in [6, 6.07) is 8.63. The van der Waals surface area contributed by atoms with E-state index in [4.69, 9.17) is 9.47 Å². The molecule has 3 aliphatic rings. The molecule has 0 radical (unpaired) electrons. The summed E-state index contributed by atoms with van der Waals surface area (Å²) in [7, 11) is 1.68. The maximum absolute atomic E-state index is 12.5. The van der Waals surface area contributed by atoms with Crippen molar-refractivity contribution in [2.24, 2.45) is 5.92 Å². The zero-order valence-corrected chi connectivity index (χ0v) is 14.2. The van der Waals surface area contributed by atoms with E-state index in [-0.39, 0.29) is 24.0 Å².